The quantitative estimate of drug-likeness (QED) is 0.824. The summed E-state index contributed by atoms with van der Waals surface area (Å²) in [4.78, 5) is 36.9. The number of carbonyl (C=O) groups is 3. The zero-order valence-corrected chi connectivity index (χ0v) is 13.9. The highest BCUT2D eigenvalue weighted by Gasteiger charge is 2.29. The van der Waals surface area contributed by atoms with Gasteiger partial charge in [0, 0.05) is 25.8 Å². The van der Waals surface area contributed by atoms with E-state index < -0.39 is 0 Å². The number of rotatable bonds is 6. The van der Waals surface area contributed by atoms with Crippen LogP contribution in [-0.2, 0) is 14.4 Å². The van der Waals surface area contributed by atoms with Crippen molar-refractivity contribution >= 4 is 17.7 Å². The highest BCUT2D eigenvalue weighted by molar-refractivity contribution is 6.02. The summed E-state index contributed by atoms with van der Waals surface area (Å²) in [7, 11) is 0. The molecule has 0 aliphatic carbocycles. The molecule has 128 valence electrons. The maximum atomic E-state index is 12.4. The monoisotopic (exact) mass is 336 g/mol. The van der Waals surface area contributed by atoms with Gasteiger partial charge >= 0.3 is 0 Å². The summed E-state index contributed by atoms with van der Waals surface area (Å²) in [6.45, 7) is 0.139. The first kappa shape index (κ1) is 16.9. The summed E-state index contributed by atoms with van der Waals surface area (Å²) < 4.78 is 0. The summed E-state index contributed by atoms with van der Waals surface area (Å²) in [5, 5.41) is 3.02. The topological polar surface area (TPSA) is 66.5 Å². The molecule has 3 rings (SSSR count). The Hall–Kier alpha value is -2.95. The van der Waals surface area contributed by atoms with Crippen molar-refractivity contribution in [3.05, 3.63) is 71.8 Å². The second-order valence-electron chi connectivity index (χ2n) is 6.01. The average molecular weight is 336 g/mol. The van der Waals surface area contributed by atoms with E-state index in [-0.39, 0.29) is 49.6 Å². The molecule has 5 nitrogen and oxygen atoms in total. The van der Waals surface area contributed by atoms with Crippen molar-refractivity contribution in [1.29, 1.82) is 0 Å². The summed E-state index contributed by atoms with van der Waals surface area (Å²) in [5.74, 6) is -0.578. The molecule has 0 unspecified atom stereocenters. The molecule has 3 amide bonds. The number of nitrogens with one attached hydrogen (secondary N) is 1. The van der Waals surface area contributed by atoms with E-state index in [0.29, 0.717) is 0 Å². The normalized spacial score (nSPS) is 14.2. The van der Waals surface area contributed by atoms with Gasteiger partial charge < -0.3 is 5.32 Å². The number of hydrogen-bond acceptors (Lipinski definition) is 3. The molecule has 1 saturated heterocycles. The second kappa shape index (κ2) is 7.75. The lowest BCUT2D eigenvalue weighted by molar-refractivity contribution is -0.138. The molecule has 0 aromatic heterocycles. The number of hydrogen-bond donors (Lipinski definition) is 1. The zero-order valence-electron chi connectivity index (χ0n) is 13.9. The third kappa shape index (κ3) is 4.12. The van der Waals surface area contributed by atoms with Gasteiger partial charge in [-0.05, 0) is 11.1 Å². The molecule has 0 spiro atoms. The van der Waals surface area contributed by atoms with Gasteiger partial charge in [-0.3, -0.25) is 19.3 Å². The van der Waals surface area contributed by atoms with Gasteiger partial charge in [-0.25, -0.2) is 0 Å². The fourth-order valence-corrected chi connectivity index (χ4v) is 2.97. The number of amides is 3. The maximum absolute atomic E-state index is 12.4. The summed E-state index contributed by atoms with van der Waals surface area (Å²) >= 11 is 0. The van der Waals surface area contributed by atoms with E-state index in [4.69, 9.17) is 0 Å². The third-order valence-electron chi connectivity index (χ3n) is 4.29. The molecule has 5 heteroatoms. The van der Waals surface area contributed by atoms with E-state index in [1.165, 1.54) is 4.90 Å². The number of benzene rings is 2. The lowest BCUT2D eigenvalue weighted by Gasteiger charge is -2.21. The van der Waals surface area contributed by atoms with Gasteiger partial charge in [0.2, 0.25) is 17.7 Å². The molecule has 2 aromatic carbocycles. The fraction of sp³-hybridized carbons (Fsp3) is 0.250. The molecular weight excluding hydrogens is 316 g/mol. The summed E-state index contributed by atoms with van der Waals surface area (Å²) in [6.07, 6.45) is 0.599. The van der Waals surface area contributed by atoms with Crippen LogP contribution in [0, 0.1) is 0 Å². The Balaban J connectivity index is 1.69. The van der Waals surface area contributed by atoms with Gasteiger partial charge in [0.25, 0.3) is 0 Å². The molecule has 1 N–H and O–H groups in total. The highest BCUT2D eigenvalue weighted by Crippen LogP contribution is 2.22. The van der Waals surface area contributed by atoms with Crippen LogP contribution < -0.4 is 5.32 Å². The minimum Gasteiger partial charge on any atom is -0.345 e. The van der Waals surface area contributed by atoms with E-state index in [2.05, 4.69) is 5.32 Å². The molecular formula is C20H20N2O3. The van der Waals surface area contributed by atoms with Gasteiger partial charge in [0.15, 0.2) is 0 Å². The predicted octanol–water partition coefficient (Wildman–Crippen LogP) is 2.43. The predicted molar refractivity (Wildman–Crippen MR) is 93.4 cm³/mol. The van der Waals surface area contributed by atoms with E-state index in [1.54, 1.807) is 0 Å². The van der Waals surface area contributed by atoms with Gasteiger partial charge in [-0.1, -0.05) is 60.7 Å². The molecule has 0 radical (unpaired) electrons. The Bertz CT molecular complexity index is 704. The van der Waals surface area contributed by atoms with E-state index in [1.807, 2.05) is 60.7 Å². The fourth-order valence-electron chi connectivity index (χ4n) is 2.97. The van der Waals surface area contributed by atoms with Crippen molar-refractivity contribution in [2.75, 3.05) is 6.54 Å². The minimum atomic E-state index is -0.264. The second-order valence-corrected chi connectivity index (χ2v) is 6.01. The Morgan fingerprint density at radius 2 is 1.36 bits per heavy atom. The van der Waals surface area contributed by atoms with Gasteiger partial charge in [0.05, 0.1) is 6.04 Å². The molecule has 0 saturated carbocycles. The van der Waals surface area contributed by atoms with Crippen LogP contribution in [0.2, 0.25) is 0 Å². The number of likely N-dealkylation sites (tertiary alicyclic amines) is 1. The molecule has 0 bridgehead atoms. The number of nitrogens with zero attached hydrogens (tertiary/aromatic N) is 1. The van der Waals surface area contributed by atoms with Gasteiger partial charge in [-0.15, -0.1) is 0 Å². The van der Waals surface area contributed by atoms with Crippen LogP contribution in [0.5, 0.6) is 0 Å². The lowest BCUT2D eigenvalue weighted by Crippen LogP contribution is -2.35. The van der Waals surface area contributed by atoms with Crippen LogP contribution in [0.1, 0.15) is 36.4 Å². The van der Waals surface area contributed by atoms with Crippen molar-refractivity contribution in [3.8, 4) is 0 Å². The van der Waals surface area contributed by atoms with Crippen LogP contribution in [0.4, 0.5) is 0 Å². The van der Waals surface area contributed by atoms with Crippen LogP contribution in [0.3, 0.4) is 0 Å². The molecule has 0 atom stereocenters. The van der Waals surface area contributed by atoms with Crippen molar-refractivity contribution in [2.24, 2.45) is 0 Å². The van der Waals surface area contributed by atoms with Crippen LogP contribution >= 0.6 is 0 Å². The van der Waals surface area contributed by atoms with Crippen molar-refractivity contribution in [1.82, 2.24) is 10.2 Å². The third-order valence-corrected chi connectivity index (χ3v) is 4.29. The molecule has 1 fully saturated rings. The number of carbonyl (C=O) groups excluding carboxylic acids is 3. The molecule has 1 aliphatic heterocycles. The SMILES string of the molecule is O=C(CCN1C(=O)CCC1=O)NC(c1ccccc1)c1ccccc1. The Morgan fingerprint density at radius 1 is 0.880 bits per heavy atom. The molecule has 1 heterocycles. The minimum absolute atomic E-state index is 0.105. The van der Waals surface area contributed by atoms with Crippen LogP contribution in [0.25, 0.3) is 0 Å². The van der Waals surface area contributed by atoms with E-state index in [0.717, 1.165) is 11.1 Å². The lowest BCUT2D eigenvalue weighted by atomic mass is 9.98. The maximum Gasteiger partial charge on any atom is 0.229 e. The molecule has 25 heavy (non-hydrogen) atoms. The van der Waals surface area contributed by atoms with E-state index >= 15 is 0 Å². The van der Waals surface area contributed by atoms with Crippen LogP contribution in [0.15, 0.2) is 60.7 Å². The molecule has 1 aliphatic rings. The first-order chi connectivity index (χ1) is 12.1. The Labute approximate surface area is 146 Å². The summed E-state index contributed by atoms with van der Waals surface area (Å²) in [5.41, 5.74) is 1.96. The van der Waals surface area contributed by atoms with Crippen molar-refractivity contribution < 1.29 is 14.4 Å². The molecule has 2 aromatic rings. The largest absolute Gasteiger partial charge is 0.345 e. The zero-order chi connectivity index (χ0) is 17.6. The van der Waals surface area contributed by atoms with Crippen molar-refractivity contribution in [3.63, 3.8) is 0 Å². The Morgan fingerprint density at radius 3 is 1.84 bits per heavy atom. The average Bonchev–Trinajstić information content (AvgIpc) is 2.97. The number of imide groups is 1. The first-order valence-electron chi connectivity index (χ1n) is 8.37. The van der Waals surface area contributed by atoms with Crippen molar-refractivity contribution in [2.45, 2.75) is 25.3 Å². The first-order valence-corrected chi connectivity index (χ1v) is 8.37. The smallest absolute Gasteiger partial charge is 0.229 e. The highest BCUT2D eigenvalue weighted by atomic mass is 16.2. The Kier molecular flexibility index (Phi) is 5.23. The van der Waals surface area contributed by atoms with Gasteiger partial charge in [0.1, 0.15) is 0 Å². The van der Waals surface area contributed by atoms with Crippen LogP contribution in [-0.4, -0.2) is 29.2 Å². The van der Waals surface area contributed by atoms with Gasteiger partial charge in [-0.2, -0.15) is 0 Å². The summed E-state index contributed by atoms with van der Waals surface area (Å²) in [6, 6.07) is 19.2. The van der Waals surface area contributed by atoms with E-state index in [9.17, 15) is 14.4 Å². The standard InChI is InChI=1S/C20H20N2O3/c23-17(13-14-22-18(24)11-12-19(22)25)21-20(15-7-3-1-4-8-15)16-9-5-2-6-10-16/h1-10,20H,11-14H2,(H,21,23).